The van der Waals surface area contributed by atoms with E-state index < -0.39 is 5.41 Å². The molecule has 2 heteroatoms. The van der Waals surface area contributed by atoms with E-state index in [0.29, 0.717) is 0 Å². The molecule has 0 saturated carbocycles. The first-order valence-corrected chi connectivity index (χ1v) is 15.6. The lowest BCUT2D eigenvalue weighted by molar-refractivity contribution is 0.770. The quantitative estimate of drug-likeness (QED) is 0.131. The van der Waals surface area contributed by atoms with E-state index >= 15 is 0 Å². The Balaban J connectivity index is 1.28. The van der Waals surface area contributed by atoms with Crippen molar-refractivity contribution in [2.75, 3.05) is 3.11 Å². The molecule has 8 rings (SSSR count). The van der Waals surface area contributed by atoms with Crippen LogP contribution in [0.4, 0.5) is 11.4 Å². The van der Waals surface area contributed by atoms with E-state index in [4.69, 9.17) is 0 Å². The number of hydrogen-bond acceptors (Lipinski definition) is 1. The number of nitrogens with zero attached hydrogens (tertiary/aromatic N) is 1. The van der Waals surface area contributed by atoms with E-state index in [1.54, 1.807) is 0 Å². The molecule has 0 N–H and O–H groups in total. The summed E-state index contributed by atoms with van der Waals surface area (Å²) in [6.07, 6.45) is 0. The van der Waals surface area contributed by atoms with E-state index in [-0.39, 0.29) is 0 Å². The highest BCUT2D eigenvalue weighted by molar-refractivity contribution is 14.1. The predicted molar refractivity (Wildman–Crippen MR) is 189 cm³/mol. The van der Waals surface area contributed by atoms with Gasteiger partial charge < -0.3 is 0 Å². The van der Waals surface area contributed by atoms with Crippen LogP contribution >= 0.6 is 22.9 Å². The van der Waals surface area contributed by atoms with Gasteiger partial charge in [0.15, 0.2) is 0 Å². The van der Waals surface area contributed by atoms with Gasteiger partial charge in [0.2, 0.25) is 0 Å². The van der Waals surface area contributed by atoms with E-state index in [9.17, 15) is 0 Å². The first-order valence-electron chi connectivity index (χ1n) is 14.6. The van der Waals surface area contributed by atoms with Gasteiger partial charge in [0.25, 0.3) is 0 Å². The molecule has 7 aromatic rings. The summed E-state index contributed by atoms with van der Waals surface area (Å²) in [5, 5.41) is 2.50. The zero-order valence-corrected chi connectivity index (χ0v) is 25.6. The van der Waals surface area contributed by atoms with Crippen molar-refractivity contribution in [2.24, 2.45) is 0 Å². The third-order valence-electron chi connectivity index (χ3n) is 8.85. The third kappa shape index (κ3) is 4.12. The second-order valence-electron chi connectivity index (χ2n) is 11.1. The molecule has 7 aromatic carbocycles. The lowest BCUT2D eigenvalue weighted by Gasteiger charge is -2.35. The van der Waals surface area contributed by atoms with Gasteiger partial charge >= 0.3 is 0 Å². The van der Waals surface area contributed by atoms with Crippen molar-refractivity contribution in [3.8, 4) is 22.3 Å². The van der Waals surface area contributed by atoms with Gasteiger partial charge in [0.05, 0.1) is 39.7 Å². The number of anilines is 2. The van der Waals surface area contributed by atoms with Crippen LogP contribution in [0.1, 0.15) is 22.3 Å². The van der Waals surface area contributed by atoms with Crippen LogP contribution in [0.2, 0.25) is 0 Å². The van der Waals surface area contributed by atoms with Crippen LogP contribution < -0.4 is 3.11 Å². The molecule has 0 atom stereocenters. The van der Waals surface area contributed by atoms with Gasteiger partial charge in [0.1, 0.15) is 0 Å². The normalized spacial score (nSPS) is 13.0. The summed E-state index contributed by atoms with van der Waals surface area (Å²) >= 11 is 2.41. The molecular weight excluding hydrogens is 633 g/mol. The molecule has 0 fully saturated rings. The van der Waals surface area contributed by atoms with Gasteiger partial charge in [0, 0.05) is 0 Å². The summed E-state index contributed by atoms with van der Waals surface area (Å²) in [7, 11) is 0. The molecular formula is C41H28IN. The van der Waals surface area contributed by atoms with E-state index in [2.05, 4.69) is 196 Å². The van der Waals surface area contributed by atoms with Gasteiger partial charge in [-0.2, -0.15) is 0 Å². The van der Waals surface area contributed by atoms with Crippen molar-refractivity contribution >= 4 is 45.0 Å². The maximum atomic E-state index is 2.41. The number of benzene rings is 7. The van der Waals surface area contributed by atoms with E-state index in [0.717, 1.165) is 11.4 Å². The SMILES string of the molecule is IN(c1ccc(-c2ccccc2C2(c3ccccc3)c3ccccc3-c3ccccc32)cc1)c1ccc2ccccc2c1. The van der Waals surface area contributed by atoms with Crippen molar-refractivity contribution in [1.29, 1.82) is 0 Å². The monoisotopic (exact) mass is 661 g/mol. The summed E-state index contributed by atoms with van der Waals surface area (Å²) in [5.41, 5.74) is 12.2. The molecule has 1 nitrogen and oxygen atoms in total. The predicted octanol–water partition coefficient (Wildman–Crippen LogP) is 11.4. The van der Waals surface area contributed by atoms with Gasteiger partial charge in [-0.15, -0.1) is 0 Å². The summed E-state index contributed by atoms with van der Waals surface area (Å²) in [5.74, 6) is 0. The second kappa shape index (κ2) is 10.6. The summed E-state index contributed by atoms with van der Waals surface area (Å²) < 4.78 is 2.23. The van der Waals surface area contributed by atoms with E-state index in [1.165, 1.54) is 55.3 Å². The average Bonchev–Trinajstić information content (AvgIpc) is 3.39. The number of rotatable bonds is 5. The topological polar surface area (TPSA) is 3.24 Å². The number of fused-ring (bicyclic) bond motifs is 4. The highest BCUT2D eigenvalue weighted by Gasteiger charge is 2.46. The highest BCUT2D eigenvalue weighted by atomic mass is 127. The molecule has 43 heavy (non-hydrogen) atoms. The van der Waals surface area contributed by atoms with Crippen molar-refractivity contribution in [1.82, 2.24) is 0 Å². The van der Waals surface area contributed by atoms with Crippen LogP contribution in [0.5, 0.6) is 0 Å². The molecule has 0 spiro atoms. The Labute approximate surface area is 266 Å². The Morgan fingerprint density at radius 2 is 0.884 bits per heavy atom. The zero-order valence-electron chi connectivity index (χ0n) is 23.5. The fourth-order valence-electron chi connectivity index (χ4n) is 6.96. The van der Waals surface area contributed by atoms with Gasteiger partial charge in [-0.05, 0) is 79.5 Å². The molecule has 0 bridgehead atoms. The van der Waals surface area contributed by atoms with Crippen LogP contribution in [0, 0.1) is 0 Å². The minimum absolute atomic E-state index is 0.426. The van der Waals surface area contributed by atoms with Crippen LogP contribution in [-0.4, -0.2) is 0 Å². The van der Waals surface area contributed by atoms with Crippen molar-refractivity contribution in [3.63, 3.8) is 0 Å². The van der Waals surface area contributed by atoms with Crippen molar-refractivity contribution < 1.29 is 0 Å². The lowest BCUT2D eigenvalue weighted by atomic mass is 9.66. The van der Waals surface area contributed by atoms with Crippen LogP contribution in [0.3, 0.4) is 0 Å². The standard InChI is InChI=1S/C41H28IN/c42-43(34-27-22-29-12-4-5-13-31(29)28-34)33-25-23-30(24-26-33)35-16-6-9-19-38(35)41(32-14-2-1-3-15-32)39-20-10-7-17-36(39)37-18-8-11-21-40(37)41/h1-28H. The Morgan fingerprint density at radius 1 is 0.395 bits per heavy atom. The molecule has 0 amide bonds. The Morgan fingerprint density at radius 3 is 1.53 bits per heavy atom. The molecule has 0 radical (unpaired) electrons. The average molecular weight is 662 g/mol. The van der Waals surface area contributed by atoms with E-state index in [1.807, 2.05) is 0 Å². The fraction of sp³-hybridized carbons (Fsp3) is 0.0244. The second-order valence-corrected chi connectivity index (χ2v) is 12.1. The molecule has 0 saturated heterocycles. The minimum atomic E-state index is -0.426. The molecule has 204 valence electrons. The maximum Gasteiger partial charge on any atom is 0.0719 e. The maximum absolute atomic E-state index is 2.41. The molecule has 0 aromatic heterocycles. The first-order chi connectivity index (χ1) is 21.2. The fourth-order valence-corrected chi connectivity index (χ4v) is 7.58. The third-order valence-corrected chi connectivity index (χ3v) is 9.97. The van der Waals surface area contributed by atoms with Gasteiger partial charge in [-0.3, -0.25) is 3.11 Å². The summed E-state index contributed by atoms with van der Waals surface area (Å²) in [6, 6.07) is 62.0. The number of halogens is 1. The van der Waals surface area contributed by atoms with Crippen LogP contribution in [-0.2, 0) is 5.41 Å². The Kier molecular flexibility index (Phi) is 6.38. The van der Waals surface area contributed by atoms with Crippen molar-refractivity contribution in [2.45, 2.75) is 5.41 Å². The van der Waals surface area contributed by atoms with Crippen molar-refractivity contribution in [3.05, 3.63) is 192 Å². The zero-order chi connectivity index (χ0) is 28.8. The molecule has 0 aliphatic heterocycles. The molecule has 1 aliphatic rings. The largest absolute Gasteiger partial charge is 0.283 e. The highest BCUT2D eigenvalue weighted by Crippen LogP contribution is 2.57. The minimum Gasteiger partial charge on any atom is -0.283 e. The lowest BCUT2D eigenvalue weighted by Crippen LogP contribution is -2.29. The summed E-state index contributed by atoms with van der Waals surface area (Å²) in [4.78, 5) is 0. The smallest absolute Gasteiger partial charge is 0.0719 e. The Hall–Kier alpha value is -4.67. The van der Waals surface area contributed by atoms with Gasteiger partial charge in [-0.25, -0.2) is 0 Å². The molecule has 0 unspecified atom stereocenters. The van der Waals surface area contributed by atoms with Crippen LogP contribution in [0.15, 0.2) is 170 Å². The molecule has 0 heterocycles. The van der Waals surface area contributed by atoms with Crippen LogP contribution in [0.25, 0.3) is 33.0 Å². The molecule has 1 aliphatic carbocycles. The number of hydrogen-bond donors (Lipinski definition) is 0. The first kappa shape index (κ1) is 26.0. The summed E-state index contributed by atoms with van der Waals surface area (Å²) in [6.45, 7) is 0. The Bertz CT molecular complexity index is 2050. The van der Waals surface area contributed by atoms with Gasteiger partial charge in [-0.1, -0.05) is 146 Å².